The molecule has 0 aliphatic rings. The molecule has 2 aromatic rings. The molecule has 1 atom stereocenters. The minimum absolute atomic E-state index is 0.0181. The van der Waals surface area contributed by atoms with Gasteiger partial charge < -0.3 is 4.57 Å². The van der Waals surface area contributed by atoms with Crippen LogP contribution in [0.5, 0.6) is 0 Å². The molecule has 0 spiro atoms. The highest BCUT2D eigenvalue weighted by molar-refractivity contribution is 7.09. The zero-order valence-corrected chi connectivity index (χ0v) is 13.1. The van der Waals surface area contributed by atoms with Crippen LogP contribution in [0.2, 0.25) is 0 Å². The smallest absolute Gasteiger partial charge is 0.182 e. The Balaban J connectivity index is 2.34. The van der Waals surface area contributed by atoms with Crippen LogP contribution < -0.4 is 0 Å². The predicted molar refractivity (Wildman–Crippen MR) is 79.5 cm³/mol. The molecule has 0 saturated carbocycles. The number of halogens is 1. The minimum atomic E-state index is -0.490. The second-order valence-corrected chi connectivity index (χ2v) is 6.43. The van der Waals surface area contributed by atoms with E-state index in [1.807, 2.05) is 26.8 Å². The Labute approximate surface area is 122 Å². The van der Waals surface area contributed by atoms with E-state index < -0.39 is 5.38 Å². The Morgan fingerprint density at radius 3 is 2.68 bits per heavy atom. The largest absolute Gasteiger partial charge is 0.342 e. The van der Waals surface area contributed by atoms with Crippen LogP contribution in [-0.4, -0.2) is 20.7 Å². The van der Waals surface area contributed by atoms with Gasteiger partial charge in [-0.3, -0.25) is 4.79 Å². The number of nitrogens with zero attached hydrogens (tertiary/aromatic N) is 2. The third-order valence-electron chi connectivity index (χ3n) is 3.19. The van der Waals surface area contributed by atoms with E-state index in [1.165, 1.54) is 0 Å². The number of rotatable bonds is 4. The van der Waals surface area contributed by atoms with Gasteiger partial charge in [0.15, 0.2) is 5.78 Å². The van der Waals surface area contributed by atoms with Crippen molar-refractivity contribution >= 4 is 28.7 Å². The predicted octanol–water partition coefficient (Wildman–Crippen LogP) is 3.73. The number of aryl methyl sites for hydroxylation is 2. The van der Waals surface area contributed by atoms with Gasteiger partial charge in [-0.25, -0.2) is 4.98 Å². The molecule has 0 bridgehead atoms. The lowest BCUT2D eigenvalue weighted by Gasteiger charge is -2.08. The van der Waals surface area contributed by atoms with Crippen LogP contribution in [0.3, 0.4) is 0 Å². The molecule has 2 aromatic heterocycles. The molecule has 3 nitrogen and oxygen atoms in total. The maximum Gasteiger partial charge on any atom is 0.182 e. The summed E-state index contributed by atoms with van der Waals surface area (Å²) in [6.07, 6.45) is 0. The first kappa shape index (κ1) is 14.3. The fraction of sp³-hybridized carbons (Fsp3) is 0.429. The summed E-state index contributed by atoms with van der Waals surface area (Å²) < 4.78 is 2.11. The summed E-state index contributed by atoms with van der Waals surface area (Å²) in [4.78, 5) is 16.5. The fourth-order valence-corrected chi connectivity index (χ4v) is 2.87. The first-order valence-corrected chi connectivity index (χ1v) is 7.47. The van der Waals surface area contributed by atoms with Gasteiger partial charge in [-0.15, -0.1) is 22.9 Å². The van der Waals surface area contributed by atoms with E-state index in [0.29, 0.717) is 12.1 Å². The lowest BCUT2D eigenvalue weighted by Crippen LogP contribution is -2.12. The number of Topliss-reactive ketones (excluding diaryl/α,β-unsaturated/α-hetero) is 1. The minimum Gasteiger partial charge on any atom is -0.342 e. The highest BCUT2D eigenvalue weighted by atomic mass is 35.5. The maximum absolute atomic E-state index is 12.0. The number of alkyl halides is 1. The third-order valence-corrected chi connectivity index (χ3v) is 4.21. The molecule has 0 aromatic carbocycles. The zero-order chi connectivity index (χ0) is 14.2. The standard InChI is InChI=1S/C14H17ClN2OS/c1-8-5-13(14(18)9(2)15)10(3)17(8)6-12-7-19-11(4)16-12/h5,7,9H,6H2,1-4H3. The molecular formula is C14H17ClN2OS. The number of hydrogen-bond acceptors (Lipinski definition) is 3. The van der Waals surface area contributed by atoms with Crippen LogP contribution >= 0.6 is 22.9 Å². The van der Waals surface area contributed by atoms with Crippen molar-refractivity contribution in [2.75, 3.05) is 0 Å². The van der Waals surface area contributed by atoms with Gasteiger partial charge >= 0.3 is 0 Å². The lowest BCUT2D eigenvalue weighted by molar-refractivity contribution is 0.0991. The van der Waals surface area contributed by atoms with Gasteiger partial charge in [0.1, 0.15) is 0 Å². The number of aromatic nitrogens is 2. The van der Waals surface area contributed by atoms with Gasteiger partial charge in [0, 0.05) is 22.3 Å². The molecule has 19 heavy (non-hydrogen) atoms. The Morgan fingerprint density at radius 2 is 2.16 bits per heavy atom. The Hall–Kier alpha value is -1.13. The Bertz CT molecular complexity index is 613. The number of ketones is 1. The van der Waals surface area contributed by atoms with Crippen LogP contribution in [0, 0.1) is 20.8 Å². The van der Waals surface area contributed by atoms with E-state index in [4.69, 9.17) is 11.6 Å². The van der Waals surface area contributed by atoms with Crippen molar-refractivity contribution in [3.8, 4) is 0 Å². The summed E-state index contributed by atoms with van der Waals surface area (Å²) in [6.45, 7) is 8.36. The number of hydrogen-bond donors (Lipinski definition) is 0. The second-order valence-electron chi connectivity index (χ2n) is 4.71. The average molecular weight is 297 g/mol. The van der Waals surface area contributed by atoms with Crippen molar-refractivity contribution in [3.63, 3.8) is 0 Å². The molecule has 102 valence electrons. The average Bonchev–Trinajstić information content (AvgIpc) is 2.87. The normalized spacial score (nSPS) is 12.7. The molecule has 0 N–H and O–H groups in total. The SMILES string of the molecule is Cc1nc(Cn2c(C)cc(C(=O)C(C)Cl)c2C)cs1. The molecule has 0 saturated heterocycles. The molecule has 1 unspecified atom stereocenters. The van der Waals surface area contributed by atoms with Crippen molar-refractivity contribution < 1.29 is 4.79 Å². The fourth-order valence-electron chi connectivity index (χ4n) is 2.15. The topological polar surface area (TPSA) is 34.9 Å². The zero-order valence-electron chi connectivity index (χ0n) is 11.5. The van der Waals surface area contributed by atoms with Crippen molar-refractivity contribution in [1.29, 1.82) is 0 Å². The molecule has 0 radical (unpaired) electrons. The summed E-state index contributed by atoms with van der Waals surface area (Å²) in [5.41, 5.74) is 3.76. The number of thiazole rings is 1. The van der Waals surface area contributed by atoms with E-state index in [9.17, 15) is 4.79 Å². The van der Waals surface area contributed by atoms with Crippen LogP contribution in [0.1, 0.15) is 39.4 Å². The van der Waals surface area contributed by atoms with E-state index in [1.54, 1.807) is 18.3 Å². The summed E-state index contributed by atoms with van der Waals surface area (Å²) in [5.74, 6) is -0.0181. The van der Waals surface area contributed by atoms with Gasteiger partial charge in [-0.1, -0.05) is 0 Å². The van der Waals surface area contributed by atoms with Gasteiger partial charge in [0.05, 0.1) is 22.6 Å². The van der Waals surface area contributed by atoms with E-state index in [2.05, 4.69) is 14.9 Å². The highest BCUT2D eigenvalue weighted by Crippen LogP contribution is 2.20. The van der Waals surface area contributed by atoms with Crippen molar-refractivity contribution in [1.82, 2.24) is 9.55 Å². The van der Waals surface area contributed by atoms with Crippen LogP contribution in [0.25, 0.3) is 0 Å². The molecule has 0 aliphatic heterocycles. The van der Waals surface area contributed by atoms with Gasteiger partial charge in [0.2, 0.25) is 0 Å². The molecule has 0 fully saturated rings. The summed E-state index contributed by atoms with van der Waals surface area (Å²) in [5, 5.41) is 2.62. The Kier molecular flexibility index (Phi) is 4.11. The maximum atomic E-state index is 12.0. The Morgan fingerprint density at radius 1 is 1.47 bits per heavy atom. The van der Waals surface area contributed by atoms with E-state index >= 15 is 0 Å². The van der Waals surface area contributed by atoms with Crippen LogP contribution in [0.4, 0.5) is 0 Å². The van der Waals surface area contributed by atoms with Crippen molar-refractivity contribution in [2.45, 2.75) is 39.6 Å². The molecule has 5 heteroatoms. The second kappa shape index (κ2) is 5.47. The number of carbonyl (C=O) groups excluding carboxylic acids is 1. The van der Waals surface area contributed by atoms with Crippen molar-refractivity contribution in [3.05, 3.63) is 39.1 Å². The molecule has 2 heterocycles. The quantitative estimate of drug-likeness (QED) is 0.636. The first-order chi connectivity index (χ1) is 8.90. The third kappa shape index (κ3) is 2.90. The number of carbonyl (C=O) groups is 1. The molecule has 0 amide bonds. The van der Waals surface area contributed by atoms with E-state index in [-0.39, 0.29) is 5.78 Å². The van der Waals surface area contributed by atoms with Crippen LogP contribution in [-0.2, 0) is 6.54 Å². The van der Waals surface area contributed by atoms with Gasteiger partial charge in [-0.05, 0) is 33.8 Å². The summed E-state index contributed by atoms with van der Waals surface area (Å²) >= 11 is 7.53. The van der Waals surface area contributed by atoms with Crippen molar-refractivity contribution in [2.24, 2.45) is 0 Å². The first-order valence-electron chi connectivity index (χ1n) is 6.16. The van der Waals surface area contributed by atoms with E-state index in [0.717, 1.165) is 22.1 Å². The summed E-state index contributed by atoms with van der Waals surface area (Å²) in [6, 6.07) is 1.91. The monoisotopic (exact) mass is 296 g/mol. The lowest BCUT2D eigenvalue weighted by atomic mass is 10.1. The molecule has 2 rings (SSSR count). The highest BCUT2D eigenvalue weighted by Gasteiger charge is 2.19. The van der Waals surface area contributed by atoms with Crippen LogP contribution in [0.15, 0.2) is 11.4 Å². The van der Waals surface area contributed by atoms with Gasteiger partial charge in [-0.2, -0.15) is 0 Å². The summed E-state index contributed by atoms with van der Waals surface area (Å²) in [7, 11) is 0. The molecular weight excluding hydrogens is 280 g/mol. The molecule has 0 aliphatic carbocycles. The van der Waals surface area contributed by atoms with Gasteiger partial charge in [0.25, 0.3) is 0 Å².